The van der Waals surface area contributed by atoms with Crippen molar-refractivity contribution in [1.82, 2.24) is 15.2 Å². The molecule has 2 fully saturated rings. The maximum absolute atomic E-state index is 13.2. The number of carbonyl (C=O) groups is 2. The number of pyridine rings is 1. The first kappa shape index (κ1) is 22.1. The summed E-state index contributed by atoms with van der Waals surface area (Å²) in [6.45, 7) is 5.94. The van der Waals surface area contributed by atoms with Crippen LogP contribution in [0.25, 0.3) is 11.3 Å². The molecule has 8 nitrogen and oxygen atoms in total. The van der Waals surface area contributed by atoms with Crippen LogP contribution in [0.5, 0.6) is 0 Å². The minimum absolute atomic E-state index is 0.0134. The van der Waals surface area contributed by atoms with Crippen LogP contribution in [0, 0.1) is 0 Å². The number of morpholine rings is 1. The van der Waals surface area contributed by atoms with Gasteiger partial charge in [-0.2, -0.15) is 0 Å². The standard InChI is InChI=1S/C24H30N4O4/c1-2-32-24(30)28-12-10-19(11-13-28)25-23(29)20-8-9-21(18-6-4-3-5-7-18)26-22(20)27-14-16-31-17-15-27/h3-9,19H,2,10-17H2,1H3,(H,25,29). The van der Waals surface area contributed by atoms with Crippen LogP contribution < -0.4 is 10.2 Å². The average Bonchev–Trinajstić information content (AvgIpc) is 2.85. The minimum atomic E-state index is -0.285. The summed E-state index contributed by atoms with van der Waals surface area (Å²) in [5.41, 5.74) is 2.42. The number of ether oxygens (including phenoxy) is 2. The monoisotopic (exact) mass is 438 g/mol. The number of rotatable bonds is 5. The van der Waals surface area contributed by atoms with Crippen LogP contribution in [0.4, 0.5) is 10.6 Å². The van der Waals surface area contributed by atoms with Gasteiger partial charge in [-0.05, 0) is 31.9 Å². The predicted molar refractivity (Wildman–Crippen MR) is 122 cm³/mol. The van der Waals surface area contributed by atoms with E-state index in [1.54, 1.807) is 11.8 Å². The Balaban J connectivity index is 1.49. The molecule has 0 atom stereocenters. The van der Waals surface area contributed by atoms with Gasteiger partial charge in [-0.1, -0.05) is 30.3 Å². The van der Waals surface area contributed by atoms with E-state index in [0.717, 1.165) is 11.3 Å². The molecule has 0 spiro atoms. The Kier molecular flexibility index (Phi) is 7.21. The molecule has 2 aliphatic heterocycles. The van der Waals surface area contributed by atoms with Crippen LogP contribution >= 0.6 is 0 Å². The zero-order valence-corrected chi connectivity index (χ0v) is 18.5. The molecule has 3 heterocycles. The van der Waals surface area contributed by atoms with Gasteiger partial charge in [0.2, 0.25) is 0 Å². The lowest BCUT2D eigenvalue weighted by Gasteiger charge is -2.32. The largest absolute Gasteiger partial charge is 0.450 e. The number of benzene rings is 1. The summed E-state index contributed by atoms with van der Waals surface area (Å²) in [7, 11) is 0. The van der Waals surface area contributed by atoms with Gasteiger partial charge in [0.05, 0.1) is 31.1 Å². The molecule has 170 valence electrons. The first-order chi connectivity index (χ1) is 15.7. The lowest BCUT2D eigenvalue weighted by molar-refractivity contribution is 0.0859. The minimum Gasteiger partial charge on any atom is -0.450 e. The van der Waals surface area contributed by atoms with Gasteiger partial charge >= 0.3 is 6.09 Å². The summed E-state index contributed by atoms with van der Waals surface area (Å²) in [6.07, 6.45) is 1.12. The van der Waals surface area contributed by atoms with E-state index in [2.05, 4.69) is 10.2 Å². The van der Waals surface area contributed by atoms with Crippen molar-refractivity contribution >= 4 is 17.8 Å². The maximum atomic E-state index is 13.2. The van der Waals surface area contributed by atoms with Crippen molar-refractivity contribution < 1.29 is 19.1 Å². The van der Waals surface area contributed by atoms with Crippen LogP contribution in [-0.4, -0.2) is 73.9 Å². The van der Waals surface area contributed by atoms with Gasteiger partial charge in [0, 0.05) is 37.8 Å². The van der Waals surface area contributed by atoms with Crippen LogP contribution in [0.3, 0.4) is 0 Å². The van der Waals surface area contributed by atoms with Gasteiger partial charge in [0.25, 0.3) is 5.91 Å². The lowest BCUT2D eigenvalue weighted by atomic mass is 10.0. The van der Waals surface area contributed by atoms with Gasteiger partial charge in [-0.3, -0.25) is 4.79 Å². The van der Waals surface area contributed by atoms with E-state index in [-0.39, 0.29) is 18.0 Å². The van der Waals surface area contributed by atoms with Gasteiger partial charge in [0.1, 0.15) is 5.82 Å². The molecule has 1 N–H and O–H groups in total. The number of anilines is 1. The SMILES string of the molecule is CCOC(=O)N1CCC(NC(=O)c2ccc(-c3ccccc3)nc2N2CCOCC2)CC1. The molecule has 4 rings (SSSR count). The molecule has 2 amide bonds. The quantitative estimate of drug-likeness (QED) is 0.773. The van der Waals surface area contributed by atoms with Crippen molar-refractivity contribution in [3.8, 4) is 11.3 Å². The Morgan fingerprint density at radius 2 is 1.78 bits per heavy atom. The molecule has 1 aromatic carbocycles. The zero-order valence-electron chi connectivity index (χ0n) is 18.5. The van der Waals surface area contributed by atoms with Crippen LogP contribution in [0.15, 0.2) is 42.5 Å². The number of piperidine rings is 1. The highest BCUT2D eigenvalue weighted by atomic mass is 16.6. The van der Waals surface area contributed by atoms with Crippen molar-refractivity contribution in [3.63, 3.8) is 0 Å². The molecule has 2 saturated heterocycles. The van der Waals surface area contributed by atoms with Crippen molar-refractivity contribution in [1.29, 1.82) is 0 Å². The van der Waals surface area contributed by atoms with Gasteiger partial charge in [-0.25, -0.2) is 9.78 Å². The highest BCUT2D eigenvalue weighted by Crippen LogP contribution is 2.26. The van der Waals surface area contributed by atoms with E-state index < -0.39 is 0 Å². The van der Waals surface area contributed by atoms with Crippen molar-refractivity contribution in [2.24, 2.45) is 0 Å². The Morgan fingerprint density at radius 3 is 2.47 bits per heavy atom. The number of hydrogen-bond donors (Lipinski definition) is 1. The summed E-state index contributed by atoms with van der Waals surface area (Å²) in [5, 5.41) is 3.15. The number of carbonyl (C=O) groups excluding carboxylic acids is 2. The van der Waals surface area contributed by atoms with E-state index in [4.69, 9.17) is 14.5 Å². The third-order valence-corrected chi connectivity index (χ3v) is 5.86. The van der Waals surface area contributed by atoms with E-state index in [1.165, 1.54) is 0 Å². The molecular formula is C24H30N4O4. The first-order valence-corrected chi connectivity index (χ1v) is 11.3. The second-order valence-corrected chi connectivity index (χ2v) is 7.97. The molecular weight excluding hydrogens is 408 g/mol. The normalized spacial score (nSPS) is 17.2. The topological polar surface area (TPSA) is 84.0 Å². The lowest BCUT2D eigenvalue weighted by Crippen LogP contribution is -2.47. The van der Waals surface area contributed by atoms with E-state index >= 15 is 0 Å². The van der Waals surface area contributed by atoms with Crippen LogP contribution in [0.2, 0.25) is 0 Å². The second kappa shape index (κ2) is 10.5. The zero-order chi connectivity index (χ0) is 22.3. The Hall–Kier alpha value is -3.13. The molecule has 0 radical (unpaired) electrons. The molecule has 2 aliphatic rings. The van der Waals surface area contributed by atoms with Crippen LogP contribution in [0.1, 0.15) is 30.1 Å². The van der Waals surface area contributed by atoms with Crippen LogP contribution in [-0.2, 0) is 9.47 Å². The smallest absolute Gasteiger partial charge is 0.409 e. The highest BCUT2D eigenvalue weighted by Gasteiger charge is 2.27. The van der Waals surface area contributed by atoms with Crippen molar-refractivity contribution in [2.45, 2.75) is 25.8 Å². The Labute approximate surface area is 188 Å². The summed E-state index contributed by atoms with van der Waals surface area (Å²) >= 11 is 0. The summed E-state index contributed by atoms with van der Waals surface area (Å²) in [6, 6.07) is 13.7. The predicted octanol–water partition coefficient (Wildman–Crippen LogP) is 2.94. The molecule has 0 bridgehead atoms. The summed E-state index contributed by atoms with van der Waals surface area (Å²) in [5.74, 6) is 0.560. The van der Waals surface area contributed by atoms with Gasteiger partial charge < -0.3 is 24.6 Å². The molecule has 0 aliphatic carbocycles. The number of hydrogen-bond acceptors (Lipinski definition) is 6. The number of amides is 2. The fraction of sp³-hybridized carbons (Fsp3) is 0.458. The maximum Gasteiger partial charge on any atom is 0.409 e. The summed E-state index contributed by atoms with van der Waals surface area (Å²) < 4.78 is 10.6. The third kappa shape index (κ3) is 5.19. The van der Waals surface area contributed by atoms with E-state index in [0.29, 0.717) is 70.2 Å². The number of nitrogens with one attached hydrogen (secondary N) is 1. The number of nitrogens with zero attached hydrogens (tertiary/aromatic N) is 3. The summed E-state index contributed by atoms with van der Waals surface area (Å²) in [4.78, 5) is 33.8. The van der Waals surface area contributed by atoms with E-state index in [9.17, 15) is 9.59 Å². The Morgan fingerprint density at radius 1 is 1.06 bits per heavy atom. The van der Waals surface area contributed by atoms with Gasteiger partial charge in [-0.15, -0.1) is 0 Å². The fourth-order valence-corrected chi connectivity index (χ4v) is 4.10. The number of aromatic nitrogens is 1. The molecule has 0 saturated carbocycles. The average molecular weight is 439 g/mol. The first-order valence-electron chi connectivity index (χ1n) is 11.3. The van der Waals surface area contributed by atoms with E-state index in [1.807, 2.05) is 42.5 Å². The highest BCUT2D eigenvalue weighted by molar-refractivity contribution is 5.99. The molecule has 1 aromatic heterocycles. The third-order valence-electron chi connectivity index (χ3n) is 5.86. The molecule has 0 unspecified atom stereocenters. The molecule has 32 heavy (non-hydrogen) atoms. The van der Waals surface area contributed by atoms with Crippen molar-refractivity contribution in [3.05, 3.63) is 48.0 Å². The van der Waals surface area contributed by atoms with Crippen molar-refractivity contribution in [2.75, 3.05) is 50.9 Å². The van der Waals surface area contributed by atoms with Gasteiger partial charge in [0.15, 0.2) is 0 Å². The Bertz CT molecular complexity index is 923. The number of likely N-dealkylation sites (tertiary alicyclic amines) is 1. The molecule has 2 aromatic rings. The molecule has 8 heteroatoms. The fourth-order valence-electron chi connectivity index (χ4n) is 4.10. The second-order valence-electron chi connectivity index (χ2n) is 7.97.